The predicted molar refractivity (Wildman–Crippen MR) is 90.3 cm³/mol. The lowest BCUT2D eigenvalue weighted by Gasteiger charge is -1.90. The van der Waals surface area contributed by atoms with Crippen molar-refractivity contribution in [3.63, 3.8) is 0 Å². The van der Waals surface area contributed by atoms with Gasteiger partial charge in [0.25, 0.3) is 0 Å². The van der Waals surface area contributed by atoms with Gasteiger partial charge in [-0.2, -0.15) is 0 Å². The van der Waals surface area contributed by atoms with Crippen LogP contribution in [0.2, 0.25) is 0 Å². The zero-order valence-electron chi connectivity index (χ0n) is 11.8. The molecule has 4 aromatic heterocycles. The number of rotatable bonds is 0. The number of hydrogen-bond acceptors (Lipinski definition) is 6. The van der Waals surface area contributed by atoms with Crippen LogP contribution in [0, 0.1) is 0 Å². The molecule has 0 aliphatic heterocycles. The Hall–Kier alpha value is -2.86. The molecule has 0 fully saturated rings. The van der Waals surface area contributed by atoms with Crippen molar-refractivity contribution in [3.8, 4) is 0 Å². The van der Waals surface area contributed by atoms with E-state index in [0.29, 0.717) is 5.82 Å². The summed E-state index contributed by atoms with van der Waals surface area (Å²) in [6, 6.07) is 13.2. The van der Waals surface area contributed by atoms with Crippen molar-refractivity contribution < 1.29 is 0 Å². The van der Waals surface area contributed by atoms with Gasteiger partial charge in [-0.15, -0.1) is 11.3 Å². The smallest absolute Gasteiger partial charge is 0.159 e. The van der Waals surface area contributed by atoms with Gasteiger partial charge in [0.15, 0.2) is 5.65 Å². The number of thiazole rings is 1. The van der Waals surface area contributed by atoms with Gasteiger partial charge in [-0.1, -0.05) is 6.07 Å². The lowest BCUT2D eigenvalue weighted by atomic mass is 10.3. The van der Waals surface area contributed by atoms with E-state index in [1.54, 1.807) is 47.7 Å². The van der Waals surface area contributed by atoms with Crippen molar-refractivity contribution in [2.75, 3.05) is 5.73 Å². The van der Waals surface area contributed by atoms with Crippen LogP contribution in [0.5, 0.6) is 0 Å². The summed E-state index contributed by atoms with van der Waals surface area (Å²) in [5.74, 6) is 0.572. The van der Waals surface area contributed by atoms with Gasteiger partial charge in [0.2, 0.25) is 0 Å². The molecule has 0 radical (unpaired) electrons. The molecule has 4 rings (SSSR count). The molecule has 0 aliphatic rings. The molecule has 0 saturated heterocycles. The van der Waals surface area contributed by atoms with Crippen LogP contribution in [-0.4, -0.2) is 19.9 Å². The molecule has 0 aliphatic carbocycles. The Bertz CT molecular complexity index is 677. The number of anilines is 1. The van der Waals surface area contributed by atoms with Crippen LogP contribution >= 0.6 is 11.3 Å². The molecule has 0 bridgehead atoms. The first-order valence-corrected chi connectivity index (χ1v) is 7.45. The Kier molecular flexibility index (Phi) is 6.45. The van der Waals surface area contributed by atoms with E-state index in [2.05, 4.69) is 19.9 Å². The quantitative estimate of drug-likeness (QED) is 0.538. The lowest BCUT2D eigenvalue weighted by molar-refractivity contribution is 1.29. The first-order chi connectivity index (χ1) is 10.9. The largest absolute Gasteiger partial charge is 0.384 e. The van der Waals surface area contributed by atoms with Crippen LogP contribution in [0.25, 0.3) is 11.0 Å². The molecule has 4 aromatic rings. The highest BCUT2D eigenvalue weighted by Crippen LogP contribution is 2.04. The van der Waals surface area contributed by atoms with Crippen LogP contribution in [0.3, 0.4) is 0 Å². The average Bonchev–Trinajstić information content (AvgIpc) is 3.16. The Balaban J connectivity index is 0.000000129. The van der Waals surface area contributed by atoms with Gasteiger partial charge < -0.3 is 5.73 Å². The van der Waals surface area contributed by atoms with Crippen LogP contribution < -0.4 is 5.73 Å². The van der Waals surface area contributed by atoms with E-state index in [1.165, 1.54) is 0 Å². The molecule has 0 spiro atoms. The van der Waals surface area contributed by atoms with Crippen LogP contribution in [0.15, 0.2) is 78.1 Å². The third-order valence-corrected chi connectivity index (χ3v) is 2.93. The van der Waals surface area contributed by atoms with E-state index in [1.807, 2.05) is 41.8 Å². The molecule has 0 aromatic carbocycles. The maximum absolute atomic E-state index is 5.25. The van der Waals surface area contributed by atoms with Crippen molar-refractivity contribution in [2.24, 2.45) is 0 Å². The van der Waals surface area contributed by atoms with Gasteiger partial charge in [0.05, 0.1) is 5.51 Å². The number of hydrogen-bond donors (Lipinski definition) is 1. The average molecular weight is 309 g/mol. The van der Waals surface area contributed by atoms with Crippen LogP contribution in [0.1, 0.15) is 0 Å². The summed E-state index contributed by atoms with van der Waals surface area (Å²) in [7, 11) is 0. The SMILES string of the molecule is Nc1ccccn1.c1cnc2ncccc2c1.c1cscn1. The van der Waals surface area contributed by atoms with E-state index in [9.17, 15) is 0 Å². The number of nitrogens with two attached hydrogens (primary N) is 1. The zero-order valence-corrected chi connectivity index (χ0v) is 12.6. The second kappa shape index (κ2) is 9.15. The van der Waals surface area contributed by atoms with E-state index in [-0.39, 0.29) is 0 Å². The summed E-state index contributed by atoms with van der Waals surface area (Å²) in [6.07, 6.45) is 6.92. The fourth-order valence-corrected chi connectivity index (χ4v) is 1.81. The molecule has 110 valence electrons. The highest BCUT2D eigenvalue weighted by molar-refractivity contribution is 7.07. The minimum Gasteiger partial charge on any atom is -0.384 e. The lowest BCUT2D eigenvalue weighted by Crippen LogP contribution is -1.85. The molecule has 0 saturated carbocycles. The monoisotopic (exact) mass is 309 g/mol. The van der Waals surface area contributed by atoms with Crippen molar-refractivity contribution >= 4 is 28.2 Å². The molecule has 5 nitrogen and oxygen atoms in total. The Morgan fingerprint density at radius 1 is 0.773 bits per heavy atom. The van der Waals surface area contributed by atoms with Gasteiger partial charge >= 0.3 is 0 Å². The first kappa shape index (κ1) is 15.5. The maximum Gasteiger partial charge on any atom is 0.159 e. The molecule has 22 heavy (non-hydrogen) atoms. The zero-order chi connectivity index (χ0) is 15.5. The topological polar surface area (TPSA) is 77.6 Å². The normalized spacial score (nSPS) is 9.09. The molecule has 6 heteroatoms. The van der Waals surface area contributed by atoms with E-state index >= 15 is 0 Å². The fourth-order valence-electron chi connectivity index (χ4n) is 1.46. The summed E-state index contributed by atoms with van der Waals surface area (Å²) in [4.78, 5) is 15.6. The second-order valence-corrected chi connectivity index (χ2v) is 4.74. The van der Waals surface area contributed by atoms with Gasteiger partial charge in [0.1, 0.15) is 5.82 Å². The van der Waals surface area contributed by atoms with Crippen molar-refractivity contribution in [1.82, 2.24) is 19.9 Å². The summed E-state index contributed by atoms with van der Waals surface area (Å²) in [5, 5.41) is 3.02. The number of fused-ring (bicyclic) bond motifs is 1. The fraction of sp³-hybridized carbons (Fsp3) is 0. The Morgan fingerprint density at radius 3 is 1.86 bits per heavy atom. The van der Waals surface area contributed by atoms with Crippen molar-refractivity contribution in [2.45, 2.75) is 0 Å². The molecule has 0 atom stereocenters. The van der Waals surface area contributed by atoms with Crippen LogP contribution in [-0.2, 0) is 0 Å². The number of nitrogen functional groups attached to an aromatic ring is 1. The first-order valence-electron chi connectivity index (χ1n) is 6.50. The van der Waals surface area contributed by atoms with E-state index in [0.717, 1.165) is 11.0 Å². The van der Waals surface area contributed by atoms with E-state index in [4.69, 9.17) is 5.73 Å². The van der Waals surface area contributed by atoms with Crippen molar-refractivity contribution in [1.29, 1.82) is 0 Å². The molecule has 0 unspecified atom stereocenters. The molecule has 4 heterocycles. The standard InChI is InChI=1S/C8H6N2.C5H6N2.C3H3NS/c1-3-7-4-2-6-10-8(7)9-5-1;6-5-3-1-2-4-7-5;1-2-5-3-4-1/h1-6H;1-4H,(H2,6,7);1-3H. The molecule has 2 N–H and O–H groups in total. The minimum atomic E-state index is 0.572. The number of pyridine rings is 3. The summed E-state index contributed by atoms with van der Waals surface area (Å²) in [5.41, 5.74) is 7.85. The second-order valence-electron chi connectivity index (χ2n) is 3.98. The Labute approximate surface area is 132 Å². The number of nitrogens with zero attached hydrogens (tertiary/aromatic N) is 4. The van der Waals surface area contributed by atoms with Gasteiger partial charge in [0, 0.05) is 35.6 Å². The predicted octanol–water partition coefficient (Wildman–Crippen LogP) is 3.44. The Morgan fingerprint density at radius 2 is 1.50 bits per heavy atom. The molecule has 0 amide bonds. The summed E-state index contributed by atoms with van der Waals surface area (Å²) >= 11 is 1.60. The minimum absolute atomic E-state index is 0.572. The highest BCUT2D eigenvalue weighted by atomic mass is 32.1. The highest BCUT2D eigenvalue weighted by Gasteiger charge is 1.88. The van der Waals surface area contributed by atoms with Gasteiger partial charge in [-0.05, 0) is 36.4 Å². The van der Waals surface area contributed by atoms with E-state index < -0.39 is 0 Å². The van der Waals surface area contributed by atoms with Gasteiger partial charge in [-0.3, -0.25) is 4.98 Å². The van der Waals surface area contributed by atoms with Crippen molar-refractivity contribution in [3.05, 3.63) is 78.1 Å². The summed E-state index contributed by atoms with van der Waals surface area (Å²) in [6.45, 7) is 0. The number of aromatic nitrogens is 4. The molecular formula is C16H15N5S. The molecular weight excluding hydrogens is 294 g/mol. The third kappa shape index (κ3) is 5.64. The van der Waals surface area contributed by atoms with Gasteiger partial charge in [-0.25, -0.2) is 15.0 Å². The third-order valence-electron chi connectivity index (χ3n) is 2.41. The van der Waals surface area contributed by atoms with Crippen LogP contribution in [0.4, 0.5) is 5.82 Å². The maximum atomic E-state index is 5.25. The summed E-state index contributed by atoms with van der Waals surface area (Å²) < 4.78 is 0.